The van der Waals surface area contributed by atoms with E-state index < -0.39 is 16.0 Å². The van der Waals surface area contributed by atoms with Crippen LogP contribution in [0.1, 0.15) is 28.6 Å². The van der Waals surface area contributed by atoms with E-state index in [1.165, 1.54) is 15.8 Å². The first kappa shape index (κ1) is 16.7. The number of carboxylic acid groups (broad SMARTS) is 1. The van der Waals surface area contributed by atoms with Gasteiger partial charge in [-0.25, -0.2) is 13.2 Å². The van der Waals surface area contributed by atoms with Gasteiger partial charge in [0.2, 0.25) is 10.0 Å². The summed E-state index contributed by atoms with van der Waals surface area (Å²) in [5.41, 5.74) is 0.896. The van der Waals surface area contributed by atoms with Gasteiger partial charge >= 0.3 is 5.97 Å². The highest BCUT2D eigenvalue weighted by molar-refractivity contribution is 7.89. The maximum absolute atomic E-state index is 12.7. The third-order valence-electron chi connectivity index (χ3n) is 3.10. The Bertz CT molecular complexity index is 738. The van der Waals surface area contributed by atoms with Crippen molar-refractivity contribution in [2.75, 3.05) is 6.54 Å². The van der Waals surface area contributed by atoms with E-state index >= 15 is 0 Å². The van der Waals surface area contributed by atoms with Crippen molar-refractivity contribution in [2.45, 2.75) is 24.8 Å². The van der Waals surface area contributed by atoms with Crippen LogP contribution in [0.15, 0.2) is 46.7 Å². The molecule has 1 heterocycles. The van der Waals surface area contributed by atoms with Crippen molar-refractivity contribution >= 4 is 27.3 Å². The van der Waals surface area contributed by atoms with E-state index in [9.17, 15) is 13.2 Å². The maximum atomic E-state index is 12.7. The molecule has 1 aromatic carbocycles. The van der Waals surface area contributed by atoms with E-state index in [2.05, 4.69) is 0 Å². The van der Waals surface area contributed by atoms with Gasteiger partial charge < -0.3 is 5.11 Å². The molecule has 0 aliphatic heterocycles. The minimum absolute atomic E-state index is 0.0229. The minimum Gasteiger partial charge on any atom is -0.477 e. The molecule has 118 valence electrons. The minimum atomic E-state index is -3.69. The average Bonchev–Trinajstić information content (AvgIpc) is 2.99. The van der Waals surface area contributed by atoms with Crippen molar-refractivity contribution in [1.82, 2.24) is 4.31 Å². The molecule has 1 N–H and O–H groups in total. The Morgan fingerprint density at radius 3 is 2.50 bits per heavy atom. The van der Waals surface area contributed by atoms with Crippen molar-refractivity contribution in [3.05, 3.63) is 52.2 Å². The molecule has 5 nitrogen and oxygen atoms in total. The number of rotatable bonds is 7. The standard InChI is InChI=1S/C15H17NO4S2/c1-2-8-16(10-12-6-4-3-5-7-12)22(19,20)13-9-14(15(17)18)21-11-13/h3-7,9,11H,2,8,10H2,1H3,(H,17,18). The topological polar surface area (TPSA) is 74.7 Å². The van der Waals surface area contributed by atoms with Gasteiger partial charge in [-0.15, -0.1) is 11.3 Å². The molecule has 22 heavy (non-hydrogen) atoms. The molecule has 0 unspecified atom stereocenters. The van der Waals surface area contributed by atoms with Gasteiger partial charge in [0.1, 0.15) is 4.88 Å². The van der Waals surface area contributed by atoms with Crippen LogP contribution >= 0.6 is 11.3 Å². The summed E-state index contributed by atoms with van der Waals surface area (Å²) in [4.78, 5) is 11.0. The van der Waals surface area contributed by atoms with Crippen LogP contribution in [0.2, 0.25) is 0 Å². The molecule has 0 atom stereocenters. The molecule has 0 aliphatic rings. The summed E-state index contributed by atoms with van der Waals surface area (Å²) >= 11 is 0.921. The molecule has 2 aromatic rings. The van der Waals surface area contributed by atoms with Crippen molar-refractivity contribution in [3.63, 3.8) is 0 Å². The number of sulfonamides is 1. The largest absolute Gasteiger partial charge is 0.477 e. The van der Waals surface area contributed by atoms with Crippen LogP contribution in [0.25, 0.3) is 0 Å². The Hall–Kier alpha value is -1.70. The summed E-state index contributed by atoms with van der Waals surface area (Å²) in [6, 6.07) is 10.6. The Labute approximate surface area is 133 Å². The van der Waals surface area contributed by atoms with E-state index in [-0.39, 0.29) is 16.3 Å². The molecule has 0 saturated heterocycles. The van der Waals surface area contributed by atoms with E-state index in [1.807, 2.05) is 37.3 Å². The highest BCUT2D eigenvalue weighted by Gasteiger charge is 2.26. The zero-order chi connectivity index (χ0) is 16.2. The summed E-state index contributed by atoms with van der Waals surface area (Å²) < 4.78 is 26.8. The van der Waals surface area contributed by atoms with Gasteiger partial charge in [-0.2, -0.15) is 4.31 Å². The molecule has 0 spiro atoms. The molecule has 0 bridgehead atoms. The zero-order valence-corrected chi connectivity index (χ0v) is 13.7. The lowest BCUT2D eigenvalue weighted by atomic mass is 10.2. The lowest BCUT2D eigenvalue weighted by molar-refractivity contribution is 0.0702. The molecular formula is C15H17NO4S2. The molecule has 7 heteroatoms. The lowest BCUT2D eigenvalue weighted by Crippen LogP contribution is -2.31. The second-order valence-corrected chi connectivity index (χ2v) is 7.63. The average molecular weight is 339 g/mol. The van der Waals surface area contributed by atoms with Crippen LogP contribution in [-0.4, -0.2) is 30.3 Å². The highest BCUT2D eigenvalue weighted by atomic mass is 32.2. The highest BCUT2D eigenvalue weighted by Crippen LogP contribution is 2.24. The van der Waals surface area contributed by atoms with Gasteiger partial charge in [-0.1, -0.05) is 37.3 Å². The monoisotopic (exact) mass is 339 g/mol. The van der Waals surface area contributed by atoms with E-state index in [0.717, 1.165) is 16.9 Å². The molecule has 0 saturated carbocycles. The Morgan fingerprint density at radius 1 is 1.27 bits per heavy atom. The number of hydrogen-bond acceptors (Lipinski definition) is 4. The summed E-state index contributed by atoms with van der Waals surface area (Å²) in [6.45, 7) is 2.56. The Kier molecular flexibility index (Phi) is 5.33. The number of nitrogens with zero attached hydrogens (tertiary/aromatic N) is 1. The fourth-order valence-corrected chi connectivity index (χ4v) is 4.66. The van der Waals surface area contributed by atoms with Crippen molar-refractivity contribution in [3.8, 4) is 0 Å². The number of benzene rings is 1. The fraction of sp³-hybridized carbons (Fsp3) is 0.267. The summed E-state index contributed by atoms with van der Waals surface area (Å²) in [6.07, 6.45) is 0.683. The van der Waals surface area contributed by atoms with Crippen molar-refractivity contribution in [1.29, 1.82) is 0 Å². The zero-order valence-electron chi connectivity index (χ0n) is 12.1. The number of thiophene rings is 1. The van der Waals surface area contributed by atoms with Gasteiger partial charge in [0.25, 0.3) is 0 Å². The number of hydrogen-bond donors (Lipinski definition) is 1. The van der Waals surface area contributed by atoms with E-state index in [4.69, 9.17) is 5.11 Å². The van der Waals surface area contributed by atoms with Crippen LogP contribution in [0, 0.1) is 0 Å². The first-order chi connectivity index (χ1) is 10.4. The molecule has 0 radical (unpaired) electrons. The quantitative estimate of drug-likeness (QED) is 0.841. The van der Waals surface area contributed by atoms with Gasteiger partial charge in [0.15, 0.2) is 0 Å². The van der Waals surface area contributed by atoms with Crippen LogP contribution in [0.3, 0.4) is 0 Å². The van der Waals surface area contributed by atoms with E-state index in [1.54, 1.807) is 0 Å². The molecule has 0 amide bonds. The normalized spacial score (nSPS) is 11.7. The SMILES string of the molecule is CCCN(Cc1ccccc1)S(=O)(=O)c1csc(C(=O)O)c1. The second-order valence-electron chi connectivity index (χ2n) is 4.78. The molecule has 2 rings (SSSR count). The van der Waals surface area contributed by atoms with Crippen LogP contribution in [0.5, 0.6) is 0 Å². The third-order valence-corrected chi connectivity index (χ3v) is 5.99. The summed E-state index contributed by atoms with van der Waals surface area (Å²) in [7, 11) is -3.69. The predicted octanol–water partition coefficient (Wildman–Crippen LogP) is 3.05. The second kappa shape index (κ2) is 7.04. The molecule has 0 fully saturated rings. The Morgan fingerprint density at radius 2 is 1.95 bits per heavy atom. The third kappa shape index (κ3) is 3.73. The molecular weight excluding hydrogens is 322 g/mol. The fourth-order valence-electron chi connectivity index (χ4n) is 2.04. The van der Waals surface area contributed by atoms with Crippen LogP contribution < -0.4 is 0 Å². The van der Waals surface area contributed by atoms with Crippen LogP contribution in [0.4, 0.5) is 0 Å². The van der Waals surface area contributed by atoms with Crippen molar-refractivity contribution in [2.24, 2.45) is 0 Å². The number of carbonyl (C=O) groups is 1. The van der Waals surface area contributed by atoms with Gasteiger partial charge in [0, 0.05) is 18.5 Å². The molecule has 1 aromatic heterocycles. The van der Waals surface area contributed by atoms with Crippen molar-refractivity contribution < 1.29 is 18.3 Å². The first-order valence-corrected chi connectivity index (χ1v) is 9.13. The smallest absolute Gasteiger partial charge is 0.345 e. The number of aromatic carboxylic acids is 1. The summed E-state index contributed by atoms with van der Waals surface area (Å²) in [5, 5.41) is 10.3. The Balaban J connectivity index is 2.30. The van der Waals surface area contributed by atoms with Gasteiger partial charge in [0.05, 0.1) is 4.90 Å². The molecule has 0 aliphatic carbocycles. The van der Waals surface area contributed by atoms with Crippen LogP contribution in [-0.2, 0) is 16.6 Å². The van der Waals surface area contributed by atoms with Gasteiger partial charge in [-0.05, 0) is 18.1 Å². The number of carboxylic acids is 1. The van der Waals surface area contributed by atoms with Gasteiger partial charge in [-0.3, -0.25) is 0 Å². The maximum Gasteiger partial charge on any atom is 0.345 e. The predicted molar refractivity (Wildman–Crippen MR) is 85.6 cm³/mol. The first-order valence-electron chi connectivity index (χ1n) is 6.81. The summed E-state index contributed by atoms with van der Waals surface area (Å²) in [5.74, 6) is -1.11. The van der Waals surface area contributed by atoms with E-state index in [0.29, 0.717) is 13.0 Å². The lowest BCUT2D eigenvalue weighted by Gasteiger charge is -2.21.